The van der Waals surface area contributed by atoms with Crippen molar-refractivity contribution >= 4 is 0 Å². The van der Waals surface area contributed by atoms with E-state index in [4.69, 9.17) is 9.84 Å². The molecule has 1 aromatic carbocycles. The van der Waals surface area contributed by atoms with E-state index in [1.165, 1.54) is 0 Å². The number of benzene rings is 1. The van der Waals surface area contributed by atoms with Gasteiger partial charge in [0.2, 0.25) is 0 Å². The number of hydrogen-bond acceptors (Lipinski definition) is 4. The summed E-state index contributed by atoms with van der Waals surface area (Å²) in [6, 6.07) is 9.95. The molecule has 0 saturated heterocycles. The van der Waals surface area contributed by atoms with Crippen molar-refractivity contribution in [1.82, 2.24) is 0 Å². The summed E-state index contributed by atoms with van der Waals surface area (Å²) in [7, 11) is 0. The molecule has 0 radical (unpaired) electrons. The average Bonchev–Trinajstić information content (AvgIpc) is 2.46. The molecule has 0 amide bonds. The second kappa shape index (κ2) is 9.66. The first-order valence-corrected chi connectivity index (χ1v) is 6.88. The monoisotopic (exact) mass is 280 g/mol. The Morgan fingerprint density at radius 3 is 2.50 bits per heavy atom. The lowest BCUT2D eigenvalue weighted by atomic mass is 10.1. The minimum absolute atomic E-state index is 0.143. The third kappa shape index (κ3) is 7.40. The second-order valence-corrected chi connectivity index (χ2v) is 5.00. The molecule has 112 valence electrons. The summed E-state index contributed by atoms with van der Waals surface area (Å²) in [4.78, 5) is 0. The van der Waals surface area contributed by atoms with Crippen LogP contribution in [0.25, 0.3) is 0 Å². The van der Waals surface area contributed by atoms with Crippen LogP contribution in [0.3, 0.4) is 0 Å². The lowest BCUT2D eigenvalue weighted by molar-refractivity contribution is 0.0553. The molecule has 0 aliphatic carbocycles. The van der Waals surface area contributed by atoms with Crippen molar-refractivity contribution in [2.45, 2.75) is 32.2 Å². The standard InChI is InChI=1S/C16H24O4/c1-13(7-8-15(18)9-16(19)10-17)11-20-12-14-5-3-2-4-6-14/h2-8,13,15-19H,9-12H2,1H3/b8-7+/t13-,15+,16+/m0/s1. The van der Waals surface area contributed by atoms with Gasteiger partial charge in [0, 0.05) is 6.42 Å². The van der Waals surface area contributed by atoms with Gasteiger partial charge in [-0.05, 0) is 11.5 Å². The van der Waals surface area contributed by atoms with Crippen molar-refractivity contribution in [1.29, 1.82) is 0 Å². The molecular weight excluding hydrogens is 256 g/mol. The first-order valence-electron chi connectivity index (χ1n) is 6.88. The Hall–Kier alpha value is -1.20. The fourth-order valence-corrected chi connectivity index (χ4v) is 1.74. The Balaban J connectivity index is 2.21. The molecule has 0 fully saturated rings. The van der Waals surface area contributed by atoms with E-state index in [-0.39, 0.29) is 18.9 Å². The first kappa shape index (κ1) is 16.9. The van der Waals surface area contributed by atoms with Gasteiger partial charge in [0.05, 0.1) is 32.0 Å². The summed E-state index contributed by atoms with van der Waals surface area (Å²) >= 11 is 0. The summed E-state index contributed by atoms with van der Waals surface area (Å²) in [5.41, 5.74) is 1.13. The molecule has 0 unspecified atom stereocenters. The lowest BCUT2D eigenvalue weighted by Gasteiger charge is -2.11. The van der Waals surface area contributed by atoms with Crippen LogP contribution in [0, 0.1) is 5.92 Å². The fourth-order valence-electron chi connectivity index (χ4n) is 1.74. The molecule has 1 aromatic rings. The van der Waals surface area contributed by atoms with Gasteiger partial charge in [0.15, 0.2) is 0 Å². The van der Waals surface area contributed by atoms with Crippen molar-refractivity contribution in [3.05, 3.63) is 48.0 Å². The van der Waals surface area contributed by atoms with Crippen LogP contribution in [-0.2, 0) is 11.3 Å². The minimum Gasteiger partial charge on any atom is -0.394 e. The molecule has 0 heterocycles. The second-order valence-electron chi connectivity index (χ2n) is 5.00. The zero-order chi connectivity index (χ0) is 14.8. The minimum atomic E-state index is -0.876. The van der Waals surface area contributed by atoms with Gasteiger partial charge in [-0.1, -0.05) is 49.4 Å². The highest BCUT2D eigenvalue weighted by atomic mass is 16.5. The van der Waals surface area contributed by atoms with Gasteiger partial charge in [-0.2, -0.15) is 0 Å². The third-order valence-corrected chi connectivity index (χ3v) is 2.88. The van der Waals surface area contributed by atoms with Crippen LogP contribution in [0.4, 0.5) is 0 Å². The van der Waals surface area contributed by atoms with Crippen molar-refractivity contribution in [3.63, 3.8) is 0 Å². The van der Waals surface area contributed by atoms with Crippen molar-refractivity contribution in [2.24, 2.45) is 5.92 Å². The smallest absolute Gasteiger partial charge is 0.0798 e. The quantitative estimate of drug-likeness (QED) is 0.600. The molecule has 0 aliphatic heterocycles. The molecule has 4 heteroatoms. The molecule has 20 heavy (non-hydrogen) atoms. The molecule has 0 spiro atoms. The Morgan fingerprint density at radius 2 is 1.85 bits per heavy atom. The Bertz CT molecular complexity index is 377. The SMILES string of the molecule is C[C@@H](/C=C/[C@@H](O)C[C@@H](O)CO)COCc1ccccc1. The van der Waals surface area contributed by atoms with Crippen molar-refractivity contribution < 1.29 is 20.1 Å². The number of hydrogen-bond donors (Lipinski definition) is 3. The molecule has 3 N–H and O–H groups in total. The molecule has 0 aromatic heterocycles. The molecule has 0 saturated carbocycles. The Morgan fingerprint density at radius 1 is 1.15 bits per heavy atom. The van der Waals surface area contributed by atoms with Crippen molar-refractivity contribution in [2.75, 3.05) is 13.2 Å². The largest absolute Gasteiger partial charge is 0.394 e. The lowest BCUT2D eigenvalue weighted by Crippen LogP contribution is -2.19. The van der Waals surface area contributed by atoms with E-state index in [0.717, 1.165) is 5.56 Å². The van der Waals surface area contributed by atoms with Gasteiger partial charge < -0.3 is 20.1 Å². The van der Waals surface area contributed by atoms with Crippen molar-refractivity contribution in [3.8, 4) is 0 Å². The highest BCUT2D eigenvalue weighted by Gasteiger charge is 2.08. The van der Waals surface area contributed by atoms with Gasteiger partial charge in [-0.3, -0.25) is 0 Å². The molecular formula is C16H24O4. The van der Waals surface area contributed by atoms with Crippen LogP contribution in [-0.4, -0.2) is 40.7 Å². The summed E-state index contributed by atoms with van der Waals surface area (Å²) in [5, 5.41) is 27.5. The zero-order valence-electron chi connectivity index (χ0n) is 11.9. The number of aliphatic hydroxyl groups is 3. The average molecular weight is 280 g/mol. The maximum absolute atomic E-state index is 9.60. The summed E-state index contributed by atoms with van der Waals surface area (Å²) < 4.78 is 5.59. The van der Waals surface area contributed by atoms with Crippen LogP contribution in [0.1, 0.15) is 18.9 Å². The highest BCUT2D eigenvalue weighted by molar-refractivity contribution is 5.13. The van der Waals surface area contributed by atoms with E-state index in [2.05, 4.69) is 0 Å². The predicted molar refractivity (Wildman–Crippen MR) is 78.1 cm³/mol. The van der Waals surface area contributed by atoms with E-state index < -0.39 is 12.2 Å². The maximum Gasteiger partial charge on any atom is 0.0798 e. The van der Waals surface area contributed by atoms with Gasteiger partial charge in [-0.25, -0.2) is 0 Å². The zero-order valence-corrected chi connectivity index (χ0v) is 11.9. The first-order chi connectivity index (χ1) is 9.61. The molecule has 0 aliphatic rings. The normalized spacial score (nSPS) is 16.2. The van der Waals surface area contributed by atoms with Crippen LogP contribution in [0.5, 0.6) is 0 Å². The molecule has 0 bridgehead atoms. The van der Waals surface area contributed by atoms with Gasteiger partial charge >= 0.3 is 0 Å². The van der Waals surface area contributed by atoms with E-state index in [9.17, 15) is 10.2 Å². The summed E-state index contributed by atoms with van der Waals surface area (Å²) in [6.45, 7) is 2.81. The van der Waals surface area contributed by atoms with Crippen LogP contribution in [0.2, 0.25) is 0 Å². The van der Waals surface area contributed by atoms with Crippen LogP contribution >= 0.6 is 0 Å². The number of aliphatic hydroxyl groups excluding tert-OH is 3. The Kier molecular flexibility index (Phi) is 8.14. The summed E-state index contributed by atoms with van der Waals surface area (Å²) in [5.74, 6) is 0.180. The van der Waals surface area contributed by atoms with Gasteiger partial charge in [0.25, 0.3) is 0 Å². The summed E-state index contributed by atoms with van der Waals surface area (Å²) in [6.07, 6.45) is 2.02. The Labute approximate surface area is 120 Å². The van der Waals surface area contributed by atoms with E-state index in [1.807, 2.05) is 43.3 Å². The molecule has 3 atom stereocenters. The number of rotatable bonds is 9. The van der Waals surface area contributed by atoms with Crippen LogP contribution < -0.4 is 0 Å². The maximum atomic E-state index is 9.60. The fraction of sp³-hybridized carbons (Fsp3) is 0.500. The van der Waals surface area contributed by atoms with E-state index >= 15 is 0 Å². The van der Waals surface area contributed by atoms with E-state index in [1.54, 1.807) is 6.08 Å². The van der Waals surface area contributed by atoms with E-state index in [0.29, 0.717) is 13.2 Å². The highest BCUT2D eigenvalue weighted by Crippen LogP contribution is 2.06. The van der Waals surface area contributed by atoms with Gasteiger partial charge in [0.1, 0.15) is 0 Å². The van der Waals surface area contributed by atoms with Gasteiger partial charge in [-0.15, -0.1) is 0 Å². The number of ether oxygens (including phenoxy) is 1. The topological polar surface area (TPSA) is 69.9 Å². The molecule has 4 nitrogen and oxygen atoms in total. The van der Waals surface area contributed by atoms with Crippen LogP contribution in [0.15, 0.2) is 42.5 Å². The molecule has 1 rings (SSSR count). The predicted octanol–water partition coefficient (Wildman–Crippen LogP) is 1.50. The third-order valence-electron chi connectivity index (χ3n) is 2.88.